The van der Waals surface area contributed by atoms with Crippen molar-refractivity contribution in [3.63, 3.8) is 0 Å². The molecule has 25 heavy (non-hydrogen) atoms. The van der Waals surface area contributed by atoms with Gasteiger partial charge >= 0.3 is 0 Å². The second-order valence-electron chi connectivity index (χ2n) is 6.02. The Hall–Kier alpha value is -2.25. The van der Waals surface area contributed by atoms with Crippen LogP contribution in [-0.2, 0) is 21.4 Å². The van der Waals surface area contributed by atoms with Crippen molar-refractivity contribution in [1.82, 2.24) is 14.6 Å². The Kier molecular flexibility index (Phi) is 5.45. The molecule has 0 spiro atoms. The fourth-order valence-corrected chi connectivity index (χ4v) is 4.67. The summed E-state index contributed by atoms with van der Waals surface area (Å²) in [5, 5.41) is 2.84. The number of piperidine rings is 1. The first-order valence-electron chi connectivity index (χ1n) is 8.32. The molecule has 0 bridgehead atoms. The lowest BCUT2D eigenvalue weighted by atomic mass is 10.0. The molecule has 1 amide bonds. The molecule has 1 atom stereocenters. The molecule has 1 saturated heterocycles. The smallest absolute Gasteiger partial charge is 0.243 e. The van der Waals surface area contributed by atoms with Crippen LogP contribution in [0.5, 0.6) is 0 Å². The number of aromatic nitrogens is 1. The second kappa shape index (κ2) is 7.76. The summed E-state index contributed by atoms with van der Waals surface area (Å²) in [5.41, 5.74) is 0.879. The van der Waals surface area contributed by atoms with E-state index in [-0.39, 0.29) is 10.8 Å². The van der Waals surface area contributed by atoms with E-state index in [9.17, 15) is 13.2 Å². The molecular formula is C18H21N3O3S. The fourth-order valence-electron chi connectivity index (χ4n) is 2.99. The lowest BCUT2D eigenvalue weighted by molar-refractivity contribution is -0.125. The highest BCUT2D eigenvalue weighted by molar-refractivity contribution is 7.89. The number of hydrogen-bond acceptors (Lipinski definition) is 4. The van der Waals surface area contributed by atoms with Crippen molar-refractivity contribution in [1.29, 1.82) is 0 Å². The van der Waals surface area contributed by atoms with Gasteiger partial charge in [-0.1, -0.05) is 30.7 Å². The molecule has 1 unspecified atom stereocenters. The van der Waals surface area contributed by atoms with E-state index in [1.54, 1.807) is 48.8 Å². The minimum absolute atomic E-state index is 0.224. The topological polar surface area (TPSA) is 79.4 Å². The third kappa shape index (κ3) is 4.05. The Bertz CT molecular complexity index is 810. The Morgan fingerprint density at radius 2 is 1.96 bits per heavy atom. The monoisotopic (exact) mass is 359 g/mol. The zero-order chi connectivity index (χ0) is 17.7. The molecule has 1 aliphatic rings. The van der Waals surface area contributed by atoms with Crippen LogP contribution in [0.1, 0.15) is 24.8 Å². The van der Waals surface area contributed by atoms with Gasteiger partial charge in [-0.15, -0.1) is 0 Å². The standard InChI is InChI=1S/C18H21N3O3S/c22-18(20-14-15-7-6-11-19-13-15)17-10-4-5-12-21(17)25(23,24)16-8-2-1-3-9-16/h1-3,6-9,11,13,17H,4-5,10,12,14H2,(H,20,22). The van der Waals surface area contributed by atoms with Crippen molar-refractivity contribution in [2.24, 2.45) is 0 Å². The van der Waals surface area contributed by atoms with Gasteiger partial charge < -0.3 is 5.32 Å². The van der Waals surface area contributed by atoms with Crippen molar-refractivity contribution in [2.45, 2.75) is 36.7 Å². The van der Waals surface area contributed by atoms with Gasteiger partial charge in [0.25, 0.3) is 0 Å². The molecule has 132 valence electrons. The van der Waals surface area contributed by atoms with Crippen LogP contribution < -0.4 is 5.32 Å². The fraction of sp³-hybridized carbons (Fsp3) is 0.333. The highest BCUT2D eigenvalue weighted by Gasteiger charge is 2.37. The van der Waals surface area contributed by atoms with Gasteiger partial charge in [0.05, 0.1) is 4.90 Å². The van der Waals surface area contributed by atoms with E-state index in [1.165, 1.54) is 4.31 Å². The van der Waals surface area contributed by atoms with E-state index >= 15 is 0 Å². The summed E-state index contributed by atoms with van der Waals surface area (Å²) in [6.45, 7) is 0.699. The summed E-state index contributed by atoms with van der Waals surface area (Å²) in [4.78, 5) is 16.9. The predicted molar refractivity (Wildman–Crippen MR) is 94.1 cm³/mol. The number of nitrogens with zero attached hydrogens (tertiary/aromatic N) is 2. The van der Waals surface area contributed by atoms with Crippen LogP contribution in [0, 0.1) is 0 Å². The number of carbonyl (C=O) groups is 1. The summed E-state index contributed by atoms with van der Waals surface area (Å²) in [5.74, 6) is -0.261. The van der Waals surface area contributed by atoms with E-state index in [0.717, 1.165) is 18.4 Å². The molecule has 1 aromatic heterocycles. The van der Waals surface area contributed by atoms with E-state index in [0.29, 0.717) is 19.5 Å². The summed E-state index contributed by atoms with van der Waals surface area (Å²) < 4.78 is 27.2. The van der Waals surface area contributed by atoms with Gasteiger partial charge in [0.15, 0.2) is 0 Å². The van der Waals surface area contributed by atoms with E-state index < -0.39 is 16.1 Å². The van der Waals surface area contributed by atoms with Gasteiger partial charge in [0.1, 0.15) is 6.04 Å². The maximum Gasteiger partial charge on any atom is 0.243 e. The lowest BCUT2D eigenvalue weighted by Gasteiger charge is -2.33. The van der Waals surface area contributed by atoms with Gasteiger partial charge in [-0.25, -0.2) is 8.42 Å². The normalized spacial score (nSPS) is 18.6. The second-order valence-corrected chi connectivity index (χ2v) is 7.91. The lowest BCUT2D eigenvalue weighted by Crippen LogP contribution is -2.51. The SMILES string of the molecule is O=C(NCc1cccnc1)C1CCCCN1S(=O)(=O)c1ccccc1. The Morgan fingerprint density at radius 3 is 2.68 bits per heavy atom. The molecule has 1 aliphatic heterocycles. The summed E-state index contributed by atoms with van der Waals surface area (Å²) >= 11 is 0. The first-order valence-corrected chi connectivity index (χ1v) is 9.76. The molecule has 0 aliphatic carbocycles. The van der Waals surface area contributed by atoms with Crippen molar-refractivity contribution in [3.05, 3.63) is 60.4 Å². The number of hydrogen-bond donors (Lipinski definition) is 1. The Labute approximate surface area is 147 Å². The van der Waals surface area contributed by atoms with Crippen molar-refractivity contribution in [2.75, 3.05) is 6.54 Å². The van der Waals surface area contributed by atoms with Crippen LogP contribution in [0.25, 0.3) is 0 Å². The Balaban J connectivity index is 1.75. The van der Waals surface area contributed by atoms with E-state index in [2.05, 4.69) is 10.3 Å². The summed E-state index contributed by atoms with van der Waals surface area (Å²) in [6, 6.07) is 11.3. The number of carbonyl (C=O) groups excluding carboxylic acids is 1. The first-order chi connectivity index (χ1) is 12.1. The van der Waals surface area contributed by atoms with Gasteiger partial charge in [-0.3, -0.25) is 9.78 Å². The van der Waals surface area contributed by atoms with Crippen LogP contribution in [0.4, 0.5) is 0 Å². The maximum absolute atomic E-state index is 12.9. The summed E-state index contributed by atoms with van der Waals surface area (Å²) in [6.07, 6.45) is 5.48. The maximum atomic E-state index is 12.9. The van der Waals surface area contributed by atoms with Crippen LogP contribution in [0.15, 0.2) is 59.8 Å². The highest BCUT2D eigenvalue weighted by atomic mass is 32.2. The third-order valence-electron chi connectivity index (χ3n) is 4.30. The van der Waals surface area contributed by atoms with Crippen LogP contribution in [0.3, 0.4) is 0 Å². The molecule has 7 heteroatoms. The molecule has 3 rings (SSSR count). The van der Waals surface area contributed by atoms with Crippen LogP contribution in [0.2, 0.25) is 0 Å². The number of rotatable bonds is 5. The molecule has 2 heterocycles. The molecule has 1 fully saturated rings. The molecule has 0 radical (unpaired) electrons. The van der Waals surface area contributed by atoms with Crippen molar-refractivity contribution < 1.29 is 13.2 Å². The zero-order valence-electron chi connectivity index (χ0n) is 13.8. The number of benzene rings is 1. The Morgan fingerprint density at radius 1 is 1.16 bits per heavy atom. The van der Waals surface area contributed by atoms with Crippen molar-refractivity contribution in [3.8, 4) is 0 Å². The highest BCUT2D eigenvalue weighted by Crippen LogP contribution is 2.25. The summed E-state index contributed by atoms with van der Waals surface area (Å²) in [7, 11) is -3.68. The molecule has 2 aromatic rings. The van der Waals surface area contributed by atoms with Gasteiger partial charge in [-0.05, 0) is 36.6 Å². The predicted octanol–water partition coefficient (Wildman–Crippen LogP) is 1.94. The van der Waals surface area contributed by atoms with Crippen molar-refractivity contribution >= 4 is 15.9 Å². The number of pyridine rings is 1. The average Bonchev–Trinajstić information content (AvgIpc) is 2.67. The van der Waals surface area contributed by atoms with Gasteiger partial charge in [0.2, 0.25) is 15.9 Å². The molecule has 6 nitrogen and oxygen atoms in total. The average molecular weight is 359 g/mol. The number of sulfonamides is 1. The largest absolute Gasteiger partial charge is 0.351 e. The van der Waals surface area contributed by atoms with E-state index in [4.69, 9.17) is 0 Å². The van der Waals surface area contributed by atoms with Crippen LogP contribution >= 0.6 is 0 Å². The molecule has 1 aromatic carbocycles. The quantitative estimate of drug-likeness (QED) is 0.885. The number of nitrogens with one attached hydrogen (secondary N) is 1. The van der Waals surface area contributed by atoms with Gasteiger partial charge in [0, 0.05) is 25.5 Å². The molecular weight excluding hydrogens is 338 g/mol. The van der Waals surface area contributed by atoms with E-state index in [1.807, 2.05) is 6.07 Å². The minimum atomic E-state index is -3.68. The first kappa shape index (κ1) is 17.6. The molecule has 1 N–H and O–H groups in total. The third-order valence-corrected chi connectivity index (χ3v) is 6.22. The number of amides is 1. The van der Waals surface area contributed by atoms with Gasteiger partial charge in [-0.2, -0.15) is 4.31 Å². The van der Waals surface area contributed by atoms with Crippen LogP contribution in [-0.4, -0.2) is 36.2 Å². The zero-order valence-corrected chi connectivity index (χ0v) is 14.7. The minimum Gasteiger partial charge on any atom is -0.351 e. The molecule has 0 saturated carbocycles.